The SMILES string of the molecule is CC1(C(=O)O)CCN(Cc2nccs2)C1. The Bertz CT molecular complexity index is 352. The number of aliphatic carboxylic acids is 1. The molecule has 82 valence electrons. The van der Waals surface area contributed by atoms with Crippen LogP contribution in [0.2, 0.25) is 0 Å². The van der Waals surface area contributed by atoms with Crippen molar-refractivity contribution in [2.45, 2.75) is 19.9 Å². The molecule has 1 unspecified atom stereocenters. The van der Waals surface area contributed by atoms with Gasteiger partial charge in [0.2, 0.25) is 0 Å². The zero-order valence-corrected chi connectivity index (χ0v) is 9.46. The van der Waals surface area contributed by atoms with Gasteiger partial charge in [0.25, 0.3) is 0 Å². The van der Waals surface area contributed by atoms with Crippen molar-refractivity contribution in [1.29, 1.82) is 0 Å². The molecule has 0 amide bonds. The van der Waals surface area contributed by atoms with Crippen LogP contribution in [-0.4, -0.2) is 34.0 Å². The highest BCUT2D eigenvalue weighted by Crippen LogP contribution is 2.31. The van der Waals surface area contributed by atoms with Crippen LogP contribution >= 0.6 is 11.3 Å². The number of rotatable bonds is 3. The minimum absolute atomic E-state index is 0.572. The fourth-order valence-corrected chi connectivity index (χ4v) is 2.55. The Balaban J connectivity index is 1.96. The lowest BCUT2D eigenvalue weighted by molar-refractivity contribution is -0.147. The summed E-state index contributed by atoms with van der Waals surface area (Å²) in [7, 11) is 0. The maximum atomic E-state index is 11.0. The summed E-state index contributed by atoms with van der Waals surface area (Å²) in [6.45, 7) is 4.07. The highest BCUT2D eigenvalue weighted by atomic mass is 32.1. The molecule has 4 nitrogen and oxygen atoms in total. The second kappa shape index (κ2) is 3.90. The number of hydrogen-bond donors (Lipinski definition) is 1. The second-order valence-corrected chi connectivity index (χ2v) is 5.23. The third kappa shape index (κ3) is 2.18. The van der Waals surface area contributed by atoms with Gasteiger partial charge >= 0.3 is 5.97 Å². The lowest BCUT2D eigenvalue weighted by atomic mass is 9.90. The van der Waals surface area contributed by atoms with E-state index in [1.54, 1.807) is 17.5 Å². The van der Waals surface area contributed by atoms with Gasteiger partial charge in [0.1, 0.15) is 5.01 Å². The maximum Gasteiger partial charge on any atom is 0.310 e. The van der Waals surface area contributed by atoms with Crippen molar-refractivity contribution in [3.05, 3.63) is 16.6 Å². The average Bonchev–Trinajstić information content (AvgIpc) is 2.77. The van der Waals surface area contributed by atoms with Crippen molar-refractivity contribution in [3.8, 4) is 0 Å². The summed E-state index contributed by atoms with van der Waals surface area (Å²) in [5.74, 6) is -0.691. The van der Waals surface area contributed by atoms with Crippen LogP contribution in [-0.2, 0) is 11.3 Å². The predicted molar refractivity (Wildman–Crippen MR) is 57.8 cm³/mol. The fraction of sp³-hybridized carbons (Fsp3) is 0.600. The molecule has 1 aliphatic heterocycles. The van der Waals surface area contributed by atoms with Gasteiger partial charge in [0, 0.05) is 18.1 Å². The van der Waals surface area contributed by atoms with Gasteiger partial charge in [-0.2, -0.15) is 0 Å². The zero-order valence-electron chi connectivity index (χ0n) is 8.64. The first-order chi connectivity index (χ1) is 7.10. The monoisotopic (exact) mass is 226 g/mol. The van der Waals surface area contributed by atoms with Gasteiger partial charge in [0.15, 0.2) is 0 Å². The van der Waals surface area contributed by atoms with Gasteiger partial charge < -0.3 is 5.11 Å². The first-order valence-corrected chi connectivity index (χ1v) is 5.82. The quantitative estimate of drug-likeness (QED) is 0.847. The summed E-state index contributed by atoms with van der Waals surface area (Å²) in [6.07, 6.45) is 2.51. The maximum absolute atomic E-state index is 11.0. The predicted octanol–water partition coefficient (Wildman–Crippen LogP) is 1.44. The van der Waals surface area contributed by atoms with Crippen molar-refractivity contribution >= 4 is 17.3 Å². The summed E-state index contributed by atoms with van der Waals surface area (Å²) in [5.41, 5.74) is -0.572. The molecule has 2 rings (SSSR count). The number of likely N-dealkylation sites (tertiary alicyclic amines) is 1. The number of aromatic nitrogens is 1. The Morgan fingerprint density at radius 1 is 1.80 bits per heavy atom. The number of carboxylic acids is 1. The number of hydrogen-bond acceptors (Lipinski definition) is 4. The molecule has 0 aliphatic carbocycles. The summed E-state index contributed by atoms with van der Waals surface area (Å²) < 4.78 is 0. The van der Waals surface area contributed by atoms with Gasteiger partial charge in [0.05, 0.1) is 12.0 Å². The number of nitrogens with zero attached hydrogens (tertiary/aromatic N) is 2. The standard InChI is InChI=1S/C10H14N2O2S/c1-10(9(13)14)2-4-12(7-10)6-8-11-3-5-15-8/h3,5H,2,4,6-7H2,1H3,(H,13,14). The molecular formula is C10H14N2O2S. The van der Waals surface area contributed by atoms with E-state index in [0.29, 0.717) is 6.54 Å². The van der Waals surface area contributed by atoms with E-state index in [9.17, 15) is 4.79 Å². The molecule has 0 aromatic carbocycles. The minimum atomic E-state index is -0.691. The topological polar surface area (TPSA) is 53.4 Å². The van der Waals surface area contributed by atoms with Gasteiger partial charge in [-0.3, -0.25) is 9.69 Å². The summed E-state index contributed by atoms with van der Waals surface area (Å²) in [5, 5.41) is 12.1. The van der Waals surface area contributed by atoms with Gasteiger partial charge in [-0.1, -0.05) is 0 Å². The third-order valence-corrected chi connectivity index (χ3v) is 3.68. The highest BCUT2D eigenvalue weighted by molar-refractivity contribution is 7.09. The molecule has 1 aromatic rings. The second-order valence-electron chi connectivity index (χ2n) is 4.25. The highest BCUT2D eigenvalue weighted by Gasteiger charge is 2.40. The van der Waals surface area contributed by atoms with Crippen molar-refractivity contribution < 1.29 is 9.90 Å². The molecule has 0 radical (unpaired) electrons. The van der Waals surface area contributed by atoms with Crippen molar-refractivity contribution in [2.24, 2.45) is 5.41 Å². The van der Waals surface area contributed by atoms with Crippen LogP contribution in [0.25, 0.3) is 0 Å². The molecule has 0 saturated carbocycles. The van der Waals surface area contributed by atoms with Gasteiger partial charge in [-0.05, 0) is 19.9 Å². The Labute approximate surface area is 92.6 Å². The van der Waals surface area contributed by atoms with Crippen LogP contribution in [0.4, 0.5) is 0 Å². The largest absolute Gasteiger partial charge is 0.481 e. The first kappa shape index (κ1) is 10.6. The van der Waals surface area contributed by atoms with Crippen LogP contribution in [0.5, 0.6) is 0 Å². The van der Waals surface area contributed by atoms with Crippen LogP contribution < -0.4 is 0 Å². The zero-order chi connectivity index (χ0) is 10.9. The molecular weight excluding hydrogens is 212 g/mol. The smallest absolute Gasteiger partial charge is 0.310 e. The minimum Gasteiger partial charge on any atom is -0.481 e. The van der Waals surface area contributed by atoms with E-state index >= 15 is 0 Å². The molecule has 1 saturated heterocycles. The lowest BCUT2D eigenvalue weighted by Crippen LogP contribution is -2.31. The van der Waals surface area contributed by atoms with Gasteiger partial charge in [-0.15, -0.1) is 11.3 Å². The van der Waals surface area contributed by atoms with E-state index < -0.39 is 11.4 Å². The van der Waals surface area contributed by atoms with E-state index in [1.807, 2.05) is 12.3 Å². The van der Waals surface area contributed by atoms with E-state index in [4.69, 9.17) is 5.11 Å². The average molecular weight is 226 g/mol. The first-order valence-electron chi connectivity index (χ1n) is 4.94. The van der Waals surface area contributed by atoms with Crippen molar-refractivity contribution in [3.63, 3.8) is 0 Å². The number of carbonyl (C=O) groups is 1. The molecule has 15 heavy (non-hydrogen) atoms. The normalized spacial score (nSPS) is 27.0. The van der Waals surface area contributed by atoms with Crippen molar-refractivity contribution in [2.75, 3.05) is 13.1 Å². The van der Waals surface area contributed by atoms with E-state index in [1.165, 1.54) is 0 Å². The van der Waals surface area contributed by atoms with Crippen LogP contribution in [0.15, 0.2) is 11.6 Å². The van der Waals surface area contributed by atoms with Crippen molar-refractivity contribution in [1.82, 2.24) is 9.88 Å². The Morgan fingerprint density at radius 3 is 3.13 bits per heavy atom. The number of thiazole rings is 1. The number of carboxylic acid groups (broad SMARTS) is 1. The molecule has 1 aliphatic rings. The lowest BCUT2D eigenvalue weighted by Gasteiger charge is -2.19. The Kier molecular flexibility index (Phi) is 2.75. The van der Waals surface area contributed by atoms with Gasteiger partial charge in [-0.25, -0.2) is 4.98 Å². The molecule has 1 fully saturated rings. The van der Waals surface area contributed by atoms with Crippen LogP contribution in [0, 0.1) is 5.41 Å². The fourth-order valence-electron chi connectivity index (χ4n) is 1.89. The molecule has 1 aromatic heterocycles. The molecule has 1 atom stereocenters. The summed E-state index contributed by atoms with van der Waals surface area (Å²) in [4.78, 5) is 17.4. The summed E-state index contributed by atoms with van der Waals surface area (Å²) in [6, 6.07) is 0. The molecule has 5 heteroatoms. The van der Waals surface area contributed by atoms with E-state index in [0.717, 1.165) is 24.5 Å². The molecule has 0 bridgehead atoms. The van der Waals surface area contributed by atoms with E-state index in [2.05, 4.69) is 9.88 Å². The Morgan fingerprint density at radius 2 is 2.60 bits per heavy atom. The third-order valence-electron chi connectivity index (χ3n) is 2.91. The molecule has 2 heterocycles. The summed E-state index contributed by atoms with van der Waals surface area (Å²) >= 11 is 1.62. The molecule has 1 N–H and O–H groups in total. The van der Waals surface area contributed by atoms with Crippen LogP contribution in [0.3, 0.4) is 0 Å². The Hall–Kier alpha value is -0.940. The van der Waals surface area contributed by atoms with Crippen LogP contribution in [0.1, 0.15) is 18.4 Å². The molecule has 0 spiro atoms. The van der Waals surface area contributed by atoms with E-state index in [-0.39, 0.29) is 0 Å².